The summed E-state index contributed by atoms with van der Waals surface area (Å²) in [6, 6.07) is 5.83. The maximum Gasteiger partial charge on any atom is 0.271 e. The number of methoxy groups -OCH3 is 1. The van der Waals surface area contributed by atoms with Gasteiger partial charge in [0.25, 0.3) is 5.69 Å². The van der Waals surface area contributed by atoms with Gasteiger partial charge < -0.3 is 14.2 Å². The molecule has 0 aliphatic heterocycles. The van der Waals surface area contributed by atoms with E-state index in [0.29, 0.717) is 38.6 Å². The summed E-state index contributed by atoms with van der Waals surface area (Å²) in [4.78, 5) is 10.0. The average Bonchev–Trinajstić information content (AvgIpc) is 2.46. The molecule has 20 heavy (non-hydrogen) atoms. The number of hydrogen-bond acceptors (Lipinski definition) is 6. The molecule has 0 N–H and O–H groups in total. The molecule has 0 heterocycles. The fraction of sp³-hybridized carbons (Fsp3) is 0.462. The first kappa shape index (κ1) is 15.9. The van der Waals surface area contributed by atoms with E-state index in [0.717, 1.165) is 0 Å². The van der Waals surface area contributed by atoms with Crippen LogP contribution < -0.4 is 4.74 Å². The van der Waals surface area contributed by atoms with Crippen molar-refractivity contribution >= 4 is 5.69 Å². The summed E-state index contributed by atoms with van der Waals surface area (Å²) in [5, 5.41) is 19.5. The highest BCUT2D eigenvalue weighted by molar-refractivity contribution is 5.50. The summed E-state index contributed by atoms with van der Waals surface area (Å²) in [5.74, 6) is 0.343. The molecular formula is C13H16N2O5. The highest BCUT2D eigenvalue weighted by Gasteiger charge is 2.11. The molecule has 1 rings (SSSR count). The maximum absolute atomic E-state index is 10.6. The zero-order chi connectivity index (χ0) is 14.8. The number of hydrogen-bond donors (Lipinski definition) is 0. The summed E-state index contributed by atoms with van der Waals surface area (Å²) in [5.41, 5.74) is 0.0244. The van der Waals surface area contributed by atoms with Crippen LogP contribution in [0.1, 0.15) is 12.0 Å². The minimum absolute atomic E-state index is 0.128. The van der Waals surface area contributed by atoms with Crippen LogP contribution in [0.25, 0.3) is 0 Å². The lowest BCUT2D eigenvalue weighted by Crippen LogP contribution is -2.07. The molecule has 0 amide bonds. The van der Waals surface area contributed by atoms with E-state index in [2.05, 4.69) is 0 Å². The summed E-state index contributed by atoms with van der Waals surface area (Å²) in [7, 11) is 1.60. The second-order valence-corrected chi connectivity index (χ2v) is 3.86. The van der Waals surface area contributed by atoms with Crippen molar-refractivity contribution in [1.82, 2.24) is 0 Å². The van der Waals surface area contributed by atoms with Crippen molar-refractivity contribution in [3.63, 3.8) is 0 Å². The molecule has 0 saturated heterocycles. The number of benzene rings is 1. The number of non-ortho nitro benzene ring substituents is 1. The Bertz CT molecular complexity index is 484. The normalized spacial score (nSPS) is 10.0. The van der Waals surface area contributed by atoms with E-state index in [1.54, 1.807) is 7.11 Å². The van der Waals surface area contributed by atoms with E-state index in [1.807, 2.05) is 6.07 Å². The smallest absolute Gasteiger partial charge is 0.271 e. The van der Waals surface area contributed by atoms with Gasteiger partial charge in [-0.2, -0.15) is 5.26 Å². The molecule has 0 radical (unpaired) electrons. The van der Waals surface area contributed by atoms with E-state index in [9.17, 15) is 10.1 Å². The van der Waals surface area contributed by atoms with Crippen LogP contribution in [0.5, 0.6) is 5.75 Å². The first-order chi connectivity index (χ1) is 9.69. The van der Waals surface area contributed by atoms with E-state index >= 15 is 0 Å². The quantitative estimate of drug-likeness (QED) is 0.389. The third-order valence-corrected chi connectivity index (χ3v) is 2.42. The van der Waals surface area contributed by atoms with Crippen LogP contribution in [-0.4, -0.2) is 38.5 Å². The van der Waals surface area contributed by atoms with E-state index < -0.39 is 4.92 Å². The second kappa shape index (κ2) is 8.85. The van der Waals surface area contributed by atoms with Crippen molar-refractivity contribution in [2.45, 2.75) is 6.42 Å². The summed E-state index contributed by atoms with van der Waals surface area (Å²) in [6.07, 6.45) is 0.658. The summed E-state index contributed by atoms with van der Waals surface area (Å²) >= 11 is 0. The monoisotopic (exact) mass is 280 g/mol. The third kappa shape index (κ3) is 5.22. The Morgan fingerprint density at radius 2 is 2.10 bits per heavy atom. The van der Waals surface area contributed by atoms with Crippen LogP contribution in [0.3, 0.4) is 0 Å². The van der Waals surface area contributed by atoms with E-state index in [1.165, 1.54) is 18.2 Å². The van der Waals surface area contributed by atoms with Gasteiger partial charge in [0, 0.05) is 32.3 Å². The van der Waals surface area contributed by atoms with Crippen molar-refractivity contribution in [1.29, 1.82) is 5.26 Å². The maximum atomic E-state index is 10.6. The van der Waals surface area contributed by atoms with Gasteiger partial charge in [-0.15, -0.1) is 0 Å². The highest BCUT2D eigenvalue weighted by atomic mass is 16.6. The molecule has 0 spiro atoms. The minimum Gasteiger partial charge on any atom is -0.492 e. The Hall–Kier alpha value is -2.17. The lowest BCUT2D eigenvalue weighted by molar-refractivity contribution is -0.384. The molecule has 0 fully saturated rings. The Kier molecular flexibility index (Phi) is 7.03. The summed E-state index contributed by atoms with van der Waals surface area (Å²) in [6.45, 7) is 1.97. The van der Waals surface area contributed by atoms with Gasteiger partial charge in [0.05, 0.1) is 24.7 Å². The molecule has 108 valence electrons. The van der Waals surface area contributed by atoms with Crippen LogP contribution >= 0.6 is 0 Å². The largest absolute Gasteiger partial charge is 0.492 e. The Morgan fingerprint density at radius 3 is 2.75 bits per heavy atom. The van der Waals surface area contributed by atoms with Gasteiger partial charge in [-0.1, -0.05) is 0 Å². The molecule has 7 heteroatoms. The van der Waals surface area contributed by atoms with Crippen LogP contribution in [0.15, 0.2) is 18.2 Å². The van der Waals surface area contributed by atoms with Gasteiger partial charge in [0.2, 0.25) is 0 Å². The van der Waals surface area contributed by atoms with Gasteiger partial charge in [-0.05, 0) is 6.07 Å². The SMILES string of the molecule is COCCOCCCOc1ccc([N+](=O)[O-])cc1C#N. The van der Waals surface area contributed by atoms with Gasteiger partial charge in [0.1, 0.15) is 17.4 Å². The number of ether oxygens (including phenoxy) is 3. The number of nitrogens with zero attached hydrogens (tertiary/aromatic N) is 2. The second-order valence-electron chi connectivity index (χ2n) is 3.86. The zero-order valence-corrected chi connectivity index (χ0v) is 11.2. The number of nitro benzene ring substituents is 1. The van der Waals surface area contributed by atoms with Crippen LogP contribution in [-0.2, 0) is 9.47 Å². The highest BCUT2D eigenvalue weighted by Crippen LogP contribution is 2.23. The molecule has 0 aliphatic rings. The predicted molar refractivity (Wildman–Crippen MR) is 70.6 cm³/mol. The van der Waals surface area contributed by atoms with Crippen molar-refractivity contribution in [3.05, 3.63) is 33.9 Å². The third-order valence-electron chi connectivity index (χ3n) is 2.42. The Morgan fingerprint density at radius 1 is 1.30 bits per heavy atom. The molecular weight excluding hydrogens is 264 g/mol. The lowest BCUT2D eigenvalue weighted by Gasteiger charge is -2.08. The number of rotatable bonds is 9. The van der Waals surface area contributed by atoms with Crippen LogP contribution in [0.2, 0.25) is 0 Å². The fourth-order valence-electron chi connectivity index (χ4n) is 1.43. The predicted octanol–water partition coefficient (Wildman–Crippen LogP) is 1.90. The lowest BCUT2D eigenvalue weighted by atomic mass is 10.2. The number of nitro groups is 1. The molecule has 0 aliphatic carbocycles. The molecule has 0 bridgehead atoms. The first-order valence-corrected chi connectivity index (χ1v) is 6.07. The summed E-state index contributed by atoms with van der Waals surface area (Å²) < 4.78 is 15.5. The number of nitriles is 1. The van der Waals surface area contributed by atoms with Gasteiger partial charge in [0.15, 0.2) is 0 Å². The molecule has 7 nitrogen and oxygen atoms in total. The van der Waals surface area contributed by atoms with Crippen molar-refractivity contribution in [2.75, 3.05) is 33.5 Å². The van der Waals surface area contributed by atoms with Crippen LogP contribution in [0, 0.1) is 21.4 Å². The van der Waals surface area contributed by atoms with Gasteiger partial charge in [-0.3, -0.25) is 10.1 Å². The van der Waals surface area contributed by atoms with Crippen molar-refractivity contribution in [3.8, 4) is 11.8 Å². The van der Waals surface area contributed by atoms with E-state index in [-0.39, 0.29) is 11.3 Å². The molecule has 0 saturated carbocycles. The average molecular weight is 280 g/mol. The van der Waals surface area contributed by atoms with Crippen molar-refractivity contribution < 1.29 is 19.1 Å². The molecule has 1 aromatic rings. The van der Waals surface area contributed by atoms with Crippen LogP contribution in [0.4, 0.5) is 5.69 Å². The topological polar surface area (TPSA) is 94.6 Å². The molecule has 0 aromatic heterocycles. The Balaban J connectivity index is 2.40. The van der Waals surface area contributed by atoms with Crippen molar-refractivity contribution in [2.24, 2.45) is 0 Å². The fourth-order valence-corrected chi connectivity index (χ4v) is 1.43. The minimum atomic E-state index is -0.547. The standard InChI is InChI=1S/C13H16N2O5/c1-18-7-8-19-5-2-6-20-13-4-3-12(15(16)17)9-11(13)10-14/h3-4,9H,2,5-8H2,1H3. The van der Waals surface area contributed by atoms with Gasteiger partial charge in [-0.25, -0.2) is 0 Å². The molecule has 0 unspecified atom stereocenters. The zero-order valence-electron chi connectivity index (χ0n) is 11.2. The molecule has 0 atom stereocenters. The molecule has 1 aromatic carbocycles. The Labute approximate surface area is 116 Å². The van der Waals surface area contributed by atoms with E-state index in [4.69, 9.17) is 19.5 Å². The van der Waals surface area contributed by atoms with Gasteiger partial charge >= 0.3 is 0 Å². The first-order valence-electron chi connectivity index (χ1n) is 6.07.